The molecule has 11 heteroatoms. The lowest BCUT2D eigenvalue weighted by Gasteiger charge is -2.24. The number of aliphatic hydroxyl groups excluding tert-OH is 2. The Bertz CT molecular complexity index is 692. The lowest BCUT2D eigenvalue weighted by atomic mass is 10.1. The number of hydrogen-bond acceptors (Lipinski definition) is 7. The summed E-state index contributed by atoms with van der Waals surface area (Å²) in [6, 6.07) is 2.84. The third-order valence-electron chi connectivity index (χ3n) is 3.25. The average Bonchev–Trinajstić information content (AvgIpc) is 2.69. The van der Waals surface area contributed by atoms with Crippen molar-refractivity contribution in [3.05, 3.63) is 23.8 Å². The van der Waals surface area contributed by atoms with Crippen LogP contribution in [0.1, 0.15) is 24.2 Å². The number of fused-ring (bicyclic) bond motifs is 1. The van der Waals surface area contributed by atoms with Gasteiger partial charge in [0.2, 0.25) is 0 Å². The first-order valence-corrected chi connectivity index (χ1v) is 7.41. The number of ketones is 1. The summed E-state index contributed by atoms with van der Waals surface area (Å²) >= 11 is 0. The largest absolute Gasteiger partial charge is 0.573 e. The predicted molar refractivity (Wildman–Crippen MR) is 79.1 cm³/mol. The second-order valence-corrected chi connectivity index (χ2v) is 5.37. The van der Waals surface area contributed by atoms with Crippen molar-refractivity contribution in [2.24, 2.45) is 0 Å². The number of rotatable bonds is 7. The lowest BCUT2D eigenvalue weighted by Crippen LogP contribution is -2.39. The number of Topliss-reactive ketones (excluding diaryl/α,β-unsaturated/α-hetero) is 1. The first-order chi connectivity index (χ1) is 12.0. The number of aliphatic hydroxyl groups is 2. The fourth-order valence-corrected chi connectivity index (χ4v) is 2.39. The minimum Gasteiger partial charge on any atom is -0.406 e. The summed E-state index contributed by atoms with van der Waals surface area (Å²) in [5.41, 5.74) is -0.265. The van der Waals surface area contributed by atoms with Crippen molar-refractivity contribution in [3.63, 3.8) is 0 Å². The first-order valence-electron chi connectivity index (χ1n) is 7.41. The number of β-amino-alcohol motifs (C(OH)–C–C–N with tert-alkyl or cyclic N) is 1. The summed E-state index contributed by atoms with van der Waals surface area (Å²) in [6.45, 7) is 2.25. The molecule has 1 aliphatic heterocycles. The van der Waals surface area contributed by atoms with Gasteiger partial charge in [-0.15, -0.1) is 13.2 Å². The molecular weight excluding hydrogens is 363 g/mol. The van der Waals surface area contributed by atoms with E-state index in [-0.39, 0.29) is 11.3 Å². The van der Waals surface area contributed by atoms with Crippen molar-refractivity contribution in [2.75, 3.05) is 11.4 Å². The highest BCUT2D eigenvalue weighted by atomic mass is 19.4. The molecule has 8 nitrogen and oxygen atoms in total. The summed E-state index contributed by atoms with van der Waals surface area (Å²) < 4.78 is 50.4. The molecule has 144 valence electrons. The predicted octanol–water partition coefficient (Wildman–Crippen LogP) is 1.15. The Kier molecular flexibility index (Phi) is 5.86. The summed E-state index contributed by atoms with van der Waals surface area (Å²) in [5.74, 6) is -2.71. The fourth-order valence-electron chi connectivity index (χ4n) is 2.39. The highest BCUT2D eigenvalue weighted by Crippen LogP contribution is 2.34. The van der Waals surface area contributed by atoms with E-state index >= 15 is 0 Å². The number of carbonyl (C=O) groups is 2. The molecule has 0 aromatic heterocycles. The number of carbonyl (C=O) groups excluding carboxylic acids is 2. The van der Waals surface area contributed by atoms with E-state index in [0.29, 0.717) is 0 Å². The maximum Gasteiger partial charge on any atom is 0.573 e. The molecule has 3 atom stereocenters. The number of halogens is 3. The fraction of sp³-hybridized carbons (Fsp3) is 0.467. The Morgan fingerprint density at radius 3 is 2.38 bits per heavy atom. The SMILES string of the molecule is CC(O)OC(C)OC(O)CN1C(=O)C(=O)c2cc(OC(F)(F)F)ccc21. The van der Waals surface area contributed by atoms with Crippen LogP contribution in [0.3, 0.4) is 0 Å². The number of alkyl halides is 3. The number of nitrogens with zero attached hydrogens (tertiary/aromatic N) is 1. The summed E-state index contributed by atoms with van der Waals surface area (Å²) in [7, 11) is 0. The van der Waals surface area contributed by atoms with Crippen LogP contribution in [0.4, 0.5) is 18.9 Å². The van der Waals surface area contributed by atoms with Gasteiger partial charge in [0.1, 0.15) is 5.75 Å². The Balaban J connectivity index is 2.13. The van der Waals surface area contributed by atoms with E-state index in [9.17, 15) is 27.9 Å². The zero-order valence-electron chi connectivity index (χ0n) is 13.7. The highest BCUT2D eigenvalue weighted by Gasteiger charge is 2.38. The molecule has 0 aliphatic carbocycles. The van der Waals surface area contributed by atoms with Crippen LogP contribution in [-0.4, -0.2) is 53.7 Å². The van der Waals surface area contributed by atoms with E-state index in [2.05, 4.69) is 4.74 Å². The molecular formula is C15H16F3NO7. The van der Waals surface area contributed by atoms with E-state index in [1.54, 1.807) is 0 Å². The van der Waals surface area contributed by atoms with Gasteiger partial charge in [0.25, 0.3) is 11.7 Å². The second-order valence-electron chi connectivity index (χ2n) is 5.37. The molecule has 0 saturated heterocycles. The van der Waals surface area contributed by atoms with Crippen LogP contribution in [0.15, 0.2) is 18.2 Å². The van der Waals surface area contributed by atoms with Crippen LogP contribution in [-0.2, 0) is 14.3 Å². The Hall–Kier alpha value is -2.21. The molecule has 0 radical (unpaired) electrons. The molecule has 0 saturated carbocycles. The first kappa shape index (κ1) is 20.1. The average molecular weight is 379 g/mol. The normalized spacial score (nSPS) is 17.9. The zero-order valence-corrected chi connectivity index (χ0v) is 13.7. The van der Waals surface area contributed by atoms with E-state index in [4.69, 9.17) is 14.6 Å². The van der Waals surface area contributed by atoms with Crippen molar-refractivity contribution in [1.29, 1.82) is 0 Å². The summed E-state index contributed by atoms with van der Waals surface area (Å²) in [4.78, 5) is 24.9. The third-order valence-corrected chi connectivity index (χ3v) is 3.25. The smallest absolute Gasteiger partial charge is 0.406 e. The van der Waals surface area contributed by atoms with Crippen molar-refractivity contribution in [1.82, 2.24) is 0 Å². The van der Waals surface area contributed by atoms with Crippen LogP contribution in [0.5, 0.6) is 5.75 Å². The van der Waals surface area contributed by atoms with E-state index < -0.39 is 49.2 Å². The maximum atomic E-state index is 12.3. The quantitative estimate of drug-likeness (QED) is 0.541. The van der Waals surface area contributed by atoms with Gasteiger partial charge in [-0.25, -0.2) is 0 Å². The zero-order chi connectivity index (χ0) is 19.6. The van der Waals surface area contributed by atoms with Gasteiger partial charge in [-0.1, -0.05) is 0 Å². The lowest BCUT2D eigenvalue weighted by molar-refractivity contribution is -0.274. The number of amides is 1. The summed E-state index contributed by atoms with van der Waals surface area (Å²) in [5, 5.41) is 18.9. The molecule has 2 N–H and O–H groups in total. The van der Waals surface area contributed by atoms with Gasteiger partial charge >= 0.3 is 6.36 Å². The minimum atomic E-state index is -4.94. The molecule has 1 aromatic rings. The molecule has 1 heterocycles. The van der Waals surface area contributed by atoms with Gasteiger partial charge in [-0.2, -0.15) is 0 Å². The molecule has 0 spiro atoms. The van der Waals surface area contributed by atoms with E-state index in [1.807, 2.05) is 0 Å². The molecule has 3 unspecified atom stereocenters. The van der Waals surface area contributed by atoms with Gasteiger partial charge in [-0.3, -0.25) is 14.5 Å². The van der Waals surface area contributed by atoms with Gasteiger partial charge in [0.05, 0.1) is 17.8 Å². The monoisotopic (exact) mass is 379 g/mol. The Labute approximate surface area is 145 Å². The molecule has 26 heavy (non-hydrogen) atoms. The van der Waals surface area contributed by atoms with Gasteiger partial charge < -0.3 is 24.4 Å². The van der Waals surface area contributed by atoms with Crippen LogP contribution < -0.4 is 9.64 Å². The van der Waals surface area contributed by atoms with Gasteiger partial charge in [-0.05, 0) is 32.0 Å². The van der Waals surface area contributed by atoms with Gasteiger partial charge in [0.15, 0.2) is 18.9 Å². The topological polar surface area (TPSA) is 106 Å². The molecule has 0 bridgehead atoms. The van der Waals surface area contributed by atoms with Crippen LogP contribution in [0, 0.1) is 0 Å². The molecule has 2 rings (SSSR count). The van der Waals surface area contributed by atoms with Crippen LogP contribution >= 0.6 is 0 Å². The number of anilines is 1. The number of benzene rings is 1. The maximum absolute atomic E-state index is 12.3. The van der Waals surface area contributed by atoms with Crippen molar-refractivity contribution in [2.45, 2.75) is 39.1 Å². The molecule has 1 aromatic carbocycles. The number of ether oxygens (including phenoxy) is 3. The van der Waals surface area contributed by atoms with Crippen LogP contribution in [0.2, 0.25) is 0 Å². The van der Waals surface area contributed by atoms with Crippen LogP contribution in [0.25, 0.3) is 0 Å². The Morgan fingerprint density at radius 1 is 1.15 bits per heavy atom. The summed E-state index contributed by atoms with van der Waals surface area (Å²) in [6.07, 6.45) is -8.68. The van der Waals surface area contributed by atoms with E-state index in [1.165, 1.54) is 13.8 Å². The van der Waals surface area contributed by atoms with E-state index in [0.717, 1.165) is 23.1 Å². The third kappa shape index (κ3) is 4.91. The molecule has 1 aliphatic rings. The van der Waals surface area contributed by atoms with Crippen molar-refractivity contribution in [3.8, 4) is 5.75 Å². The van der Waals surface area contributed by atoms with Crippen molar-refractivity contribution < 1.29 is 47.2 Å². The standard InChI is InChI=1S/C15H16F3NO7/c1-7(20)24-8(2)25-12(21)6-19-11-4-3-9(26-15(16,17)18)5-10(11)13(22)14(19)23/h3-5,7-8,12,20-21H,6H2,1-2H3. The van der Waals surface area contributed by atoms with Gasteiger partial charge in [0, 0.05) is 0 Å². The van der Waals surface area contributed by atoms with Crippen molar-refractivity contribution >= 4 is 17.4 Å². The minimum absolute atomic E-state index is 0.0151. The Morgan fingerprint density at radius 2 is 1.81 bits per heavy atom. The molecule has 0 fully saturated rings. The highest BCUT2D eigenvalue weighted by molar-refractivity contribution is 6.52. The molecule has 1 amide bonds. The second kappa shape index (κ2) is 7.58. The number of hydrogen-bond donors (Lipinski definition) is 2.